The number of carbonyl (C=O) groups is 3. The number of carbonyl (C=O) groups excluding carboxylic acids is 3. The summed E-state index contributed by atoms with van der Waals surface area (Å²) in [6, 6.07) is 12.0. The first-order valence-electron chi connectivity index (χ1n) is 18.8. The maximum absolute atomic E-state index is 14.6. The number of hydrogen-bond donors (Lipinski definition) is 1. The molecule has 6 aliphatic rings. The smallest absolute Gasteiger partial charge is 0.245 e. The maximum Gasteiger partial charge on any atom is 0.245 e. The second kappa shape index (κ2) is 14.2. The highest BCUT2D eigenvalue weighted by atomic mass is 32.2. The topological polar surface area (TPSA) is 141 Å². The number of likely N-dealkylation sites (tertiary alicyclic amines) is 1. The monoisotopic (exact) mass is 746 g/mol. The average molecular weight is 747 g/mol. The molecule has 3 amide bonds. The number of halogens is 1. The summed E-state index contributed by atoms with van der Waals surface area (Å²) in [4.78, 5) is 51.6. The minimum atomic E-state index is -3.29. The van der Waals surface area contributed by atoms with E-state index < -0.39 is 21.4 Å². The summed E-state index contributed by atoms with van der Waals surface area (Å²) in [6.45, 7) is 4.22. The molecule has 0 saturated carbocycles. The molecule has 3 aromatic rings. The van der Waals surface area contributed by atoms with Gasteiger partial charge in [-0.2, -0.15) is 0 Å². The van der Waals surface area contributed by atoms with Crippen LogP contribution < -0.4 is 5.32 Å². The fourth-order valence-electron chi connectivity index (χ4n) is 9.18. The highest BCUT2D eigenvalue weighted by molar-refractivity contribution is 7.90. The highest BCUT2D eigenvalue weighted by Crippen LogP contribution is 2.36. The molecule has 7 heterocycles. The van der Waals surface area contributed by atoms with Gasteiger partial charge in [-0.1, -0.05) is 17.3 Å². The van der Waals surface area contributed by atoms with E-state index in [2.05, 4.69) is 25.4 Å². The van der Waals surface area contributed by atoms with E-state index in [4.69, 9.17) is 0 Å². The molecule has 6 fully saturated rings. The van der Waals surface area contributed by atoms with Crippen LogP contribution in [-0.2, 0) is 30.8 Å². The number of hydrogen-bond acceptors (Lipinski definition) is 9. The predicted octanol–water partition coefficient (Wildman–Crippen LogP) is 2.64. The molecular weight excluding hydrogens is 700 g/mol. The molecule has 0 radical (unpaired) electrons. The van der Waals surface area contributed by atoms with Crippen molar-refractivity contribution in [3.05, 3.63) is 66.1 Å². The molecule has 9 rings (SSSR count). The van der Waals surface area contributed by atoms with Crippen molar-refractivity contribution in [2.75, 3.05) is 45.5 Å². The lowest BCUT2D eigenvalue weighted by atomic mass is 9.83. The summed E-state index contributed by atoms with van der Waals surface area (Å²) in [5.74, 6) is -0.552. The molecule has 0 aliphatic carbocycles. The van der Waals surface area contributed by atoms with E-state index in [0.29, 0.717) is 57.7 Å². The Morgan fingerprint density at radius 3 is 2.30 bits per heavy atom. The standard InChI is InChI=1S/C38H47FN8O5S/c1-53(51,52)31-10-4-26(5-11-31)23-43-19-14-38(15-20-43)22-35(48)46-24-30(47-25-32(41-42-47)27-6-8-28(39)9-7-27)21-34(46)37(50)44-17-12-29(13-18-44)45-16-2-3-33(45)36(49)40-38/h4-11,25,29-30,33-34H,2-3,12-24H2,1H3,(H,40,49)/t30-,33-,34-/m0/s1. The third-order valence-electron chi connectivity index (χ3n) is 12.2. The Morgan fingerprint density at radius 2 is 1.60 bits per heavy atom. The average Bonchev–Trinajstić information content (AvgIpc) is 3.93. The van der Waals surface area contributed by atoms with Crippen LogP contribution >= 0.6 is 0 Å². The van der Waals surface area contributed by atoms with Gasteiger partial charge in [0.2, 0.25) is 17.7 Å². The van der Waals surface area contributed by atoms with Crippen molar-refractivity contribution in [3.8, 4) is 11.3 Å². The lowest BCUT2D eigenvalue weighted by Crippen LogP contribution is -2.62. The number of fused-ring (bicyclic) bond motifs is 4. The first-order chi connectivity index (χ1) is 25.4. The van der Waals surface area contributed by atoms with Crippen molar-refractivity contribution in [1.29, 1.82) is 0 Å². The van der Waals surface area contributed by atoms with E-state index in [1.54, 1.807) is 40.0 Å². The SMILES string of the molecule is CS(=O)(=O)c1ccc(CN2CCC3(CC2)CC(=O)N2C[C@@H](n4cc(-c5ccc(F)cc5)nn4)C[C@H]2C(=O)N2CCC(CC2)N2CCC[C@H]2C(=O)N3)cc1. The number of benzene rings is 2. The van der Waals surface area contributed by atoms with E-state index in [9.17, 15) is 27.2 Å². The number of piperidine rings is 2. The van der Waals surface area contributed by atoms with Crippen molar-refractivity contribution in [2.24, 2.45) is 0 Å². The quantitative estimate of drug-likeness (QED) is 0.418. The van der Waals surface area contributed by atoms with Crippen LogP contribution in [0.3, 0.4) is 0 Å². The second-order valence-corrected chi connectivity index (χ2v) is 17.6. The normalized spacial score (nSPS) is 26.2. The van der Waals surface area contributed by atoms with Crippen LogP contribution in [0, 0.1) is 5.82 Å². The van der Waals surface area contributed by atoms with E-state index >= 15 is 0 Å². The van der Waals surface area contributed by atoms with Crippen molar-refractivity contribution in [1.82, 2.24) is 39.9 Å². The van der Waals surface area contributed by atoms with Gasteiger partial charge < -0.3 is 15.1 Å². The molecule has 2 aromatic carbocycles. The van der Waals surface area contributed by atoms with Gasteiger partial charge in [-0.3, -0.25) is 24.2 Å². The summed E-state index contributed by atoms with van der Waals surface area (Å²) < 4.78 is 39.2. The zero-order valence-corrected chi connectivity index (χ0v) is 30.9. The Morgan fingerprint density at radius 1 is 0.887 bits per heavy atom. The van der Waals surface area contributed by atoms with Crippen LogP contribution in [0.5, 0.6) is 0 Å². The fraction of sp³-hybridized carbons (Fsp3) is 0.553. The molecule has 0 unspecified atom stereocenters. The van der Waals surface area contributed by atoms with E-state index in [1.165, 1.54) is 18.4 Å². The summed E-state index contributed by atoms with van der Waals surface area (Å²) in [5.41, 5.74) is 1.52. The largest absolute Gasteiger partial charge is 0.349 e. The second-order valence-electron chi connectivity index (χ2n) is 15.6. The van der Waals surface area contributed by atoms with Crippen LogP contribution in [0.1, 0.15) is 63.0 Å². The molecule has 53 heavy (non-hydrogen) atoms. The maximum atomic E-state index is 14.6. The Hall–Kier alpha value is -4.21. The van der Waals surface area contributed by atoms with Crippen LogP contribution in [0.25, 0.3) is 11.3 Å². The van der Waals surface area contributed by atoms with Gasteiger partial charge in [-0.25, -0.2) is 17.5 Å². The van der Waals surface area contributed by atoms with Gasteiger partial charge in [0.15, 0.2) is 9.84 Å². The molecule has 15 heteroatoms. The summed E-state index contributed by atoms with van der Waals surface area (Å²) in [7, 11) is -3.29. The third kappa shape index (κ3) is 7.35. The molecule has 13 nitrogen and oxygen atoms in total. The van der Waals surface area contributed by atoms with Gasteiger partial charge in [0, 0.05) is 63.6 Å². The molecule has 1 N–H and O–H groups in total. The number of aromatic nitrogens is 3. The predicted molar refractivity (Wildman–Crippen MR) is 193 cm³/mol. The minimum Gasteiger partial charge on any atom is -0.349 e. The van der Waals surface area contributed by atoms with E-state index in [1.807, 2.05) is 17.0 Å². The number of nitrogens with zero attached hydrogens (tertiary/aromatic N) is 7. The molecule has 6 saturated heterocycles. The van der Waals surface area contributed by atoms with Crippen molar-refractivity contribution >= 4 is 27.6 Å². The van der Waals surface area contributed by atoms with Gasteiger partial charge in [-0.15, -0.1) is 5.10 Å². The summed E-state index contributed by atoms with van der Waals surface area (Å²) in [6.07, 6.45) is 7.89. The molecule has 282 valence electrons. The van der Waals surface area contributed by atoms with Crippen molar-refractivity contribution in [3.63, 3.8) is 0 Å². The Bertz CT molecular complexity index is 1960. The van der Waals surface area contributed by atoms with Gasteiger partial charge >= 0.3 is 0 Å². The number of rotatable bonds is 5. The summed E-state index contributed by atoms with van der Waals surface area (Å²) >= 11 is 0. The number of sulfone groups is 1. The molecule has 3 atom stereocenters. The minimum absolute atomic E-state index is 0.0116. The van der Waals surface area contributed by atoms with Crippen LogP contribution in [0.2, 0.25) is 0 Å². The lowest BCUT2D eigenvalue weighted by Gasteiger charge is -2.45. The molecule has 1 spiro atoms. The van der Waals surface area contributed by atoms with Gasteiger partial charge in [-0.05, 0) is 87.0 Å². The molecule has 2 bridgehead atoms. The fourth-order valence-corrected chi connectivity index (χ4v) is 9.81. The zero-order chi connectivity index (χ0) is 36.9. The number of amides is 3. The van der Waals surface area contributed by atoms with Crippen LogP contribution in [0.4, 0.5) is 4.39 Å². The first-order valence-corrected chi connectivity index (χ1v) is 20.7. The lowest BCUT2D eigenvalue weighted by molar-refractivity contribution is -0.147. The van der Waals surface area contributed by atoms with Crippen molar-refractivity contribution < 1.29 is 27.2 Å². The van der Waals surface area contributed by atoms with Crippen molar-refractivity contribution in [2.45, 2.75) is 92.5 Å². The molecular formula is C38H47FN8O5S. The Kier molecular flexibility index (Phi) is 9.60. The Labute approximate surface area is 309 Å². The van der Waals surface area contributed by atoms with E-state index in [0.717, 1.165) is 43.4 Å². The van der Waals surface area contributed by atoms with Crippen LogP contribution in [-0.4, -0.2) is 130 Å². The summed E-state index contributed by atoms with van der Waals surface area (Å²) in [5, 5.41) is 12.2. The first kappa shape index (κ1) is 35.8. The molecule has 6 aliphatic heterocycles. The van der Waals surface area contributed by atoms with Gasteiger partial charge in [0.25, 0.3) is 0 Å². The van der Waals surface area contributed by atoms with Gasteiger partial charge in [0.1, 0.15) is 17.6 Å². The number of nitrogens with one attached hydrogen (secondary N) is 1. The highest BCUT2D eigenvalue weighted by Gasteiger charge is 2.48. The Balaban J connectivity index is 1.05. The van der Waals surface area contributed by atoms with E-state index in [-0.39, 0.29) is 59.5 Å². The van der Waals surface area contributed by atoms with Crippen LogP contribution in [0.15, 0.2) is 59.6 Å². The zero-order valence-electron chi connectivity index (χ0n) is 30.1. The third-order valence-corrected chi connectivity index (χ3v) is 13.3. The van der Waals surface area contributed by atoms with Gasteiger partial charge in [0.05, 0.1) is 35.1 Å². The molecule has 1 aromatic heterocycles.